The van der Waals surface area contributed by atoms with Crippen LogP contribution in [0, 0.1) is 0 Å². The van der Waals surface area contributed by atoms with E-state index < -0.39 is 6.04 Å². The number of carbonyl (C=O) groups excluding carboxylic acids is 2. The SMILES string of the molecule is CCCCc1ccc2c(c1)C(NC(C)=O)C(=O)N2CCOc1ccccc1OC. The van der Waals surface area contributed by atoms with Crippen molar-refractivity contribution in [2.45, 2.75) is 39.2 Å². The Balaban J connectivity index is 1.77. The molecule has 6 nitrogen and oxygen atoms in total. The highest BCUT2D eigenvalue weighted by Gasteiger charge is 2.37. The summed E-state index contributed by atoms with van der Waals surface area (Å²) in [5.41, 5.74) is 2.87. The second kappa shape index (κ2) is 9.45. The molecule has 3 rings (SSSR count). The van der Waals surface area contributed by atoms with Crippen molar-refractivity contribution in [3.63, 3.8) is 0 Å². The van der Waals surface area contributed by atoms with Crippen LogP contribution in [-0.4, -0.2) is 32.1 Å². The topological polar surface area (TPSA) is 67.9 Å². The van der Waals surface area contributed by atoms with Crippen LogP contribution in [0.2, 0.25) is 0 Å². The predicted octanol–water partition coefficient (Wildman–Crippen LogP) is 3.64. The molecular weight excluding hydrogens is 368 g/mol. The van der Waals surface area contributed by atoms with E-state index in [0.717, 1.165) is 30.5 Å². The lowest BCUT2D eigenvalue weighted by Gasteiger charge is -2.19. The summed E-state index contributed by atoms with van der Waals surface area (Å²) in [6.45, 7) is 4.28. The van der Waals surface area contributed by atoms with Crippen LogP contribution in [0.1, 0.15) is 43.9 Å². The Morgan fingerprint density at radius 2 is 1.93 bits per heavy atom. The van der Waals surface area contributed by atoms with Crippen molar-refractivity contribution in [2.24, 2.45) is 0 Å². The molecular formula is C23H28N2O4. The van der Waals surface area contributed by atoms with Gasteiger partial charge in [0.25, 0.3) is 5.91 Å². The summed E-state index contributed by atoms with van der Waals surface area (Å²) >= 11 is 0. The lowest BCUT2D eigenvalue weighted by Crippen LogP contribution is -2.38. The lowest BCUT2D eigenvalue weighted by molar-refractivity contribution is -0.126. The standard InChI is InChI=1S/C23H28N2O4/c1-4-5-8-17-11-12-19-18(15-17)22(24-16(2)26)23(27)25(19)13-14-29-21-10-7-6-9-20(21)28-3/h6-7,9-12,15,22H,4-5,8,13-14H2,1-3H3,(H,24,26). The van der Waals surface area contributed by atoms with E-state index in [1.165, 1.54) is 12.5 Å². The highest BCUT2D eigenvalue weighted by molar-refractivity contribution is 6.06. The van der Waals surface area contributed by atoms with Gasteiger partial charge >= 0.3 is 0 Å². The number of hydrogen-bond acceptors (Lipinski definition) is 4. The predicted molar refractivity (Wildman–Crippen MR) is 112 cm³/mol. The van der Waals surface area contributed by atoms with Crippen LogP contribution in [0.4, 0.5) is 5.69 Å². The number of rotatable bonds is 9. The number of amides is 2. The molecule has 1 unspecified atom stereocenters. The average Bonchev–Trinajstić information content (AvgIpc) is 2.97. The molecule has 0 radical (unpaired) electrons. The summed E-state index contributed by atoms with van der Waals surface area (Å²) in [7, 11) is 1.59. The summed E-state index contributed by atoms with van der Waals surface area (Å²) in [6, 6.07) is 12.9. The van der Waals surface area contributed by atoms with Gasteiger partial charge in [0.05, 0.1) is 13.7 Å². The third kappa shape index (κ3) is 4.70. The van der Waals surface area contributed by atoms with Crippen LogP contribution < -0.4 is 19.7 Å². The third-order valence-electron chi connectivity index (χ3n) is 5.01. The number of hydrogen-bond donors (Lipinski definition) is 1. The molecule has 29 heavy (non-hydrogen) atoms. The summed E-state index contributed by atoms with van der Waals surface area (Å²) in [4.78, 5) is 26.4. The number of nitrogens with one attached hydrogen (secondary N) is 1. The van der Waals surface area contributed by atoms with Crippen molar-refractivity contribution in [3.8, 4) is 11.5 Å². The van der Waals surface area contributed by atoms with E-state index in [0.29, 0.717) is 24.7 Å². The molecule has 0 fully saturated rings. The van der Waals surface area contributed by atoms with Crippen LogP contribution in [0.5, 0.6) is 11.5 Å². The summed E-state index contributed by atoms with van der Waals surface area (Å²) < 4.78 is 11.1. The van der Waals surface area contributed by atoms with Crippen molar-refractivity contribution in [1.29, 1.82) is 0 Å². The number of para-hydroxylation sites is 2. The largest absolute Gasteiger partial charge is 0.493 e. The number of nitrogens with zero attached hydrogens (tertiary/aromatic N) is 1. The molecule has 0 aliphatic carbocycles. The molecule has 1 aliphatic rings. The van der Waals surface area contributed by atoms with Gasteiger partial charge in [-0.15, -0.1) is 0 Å². The minimum atomic E-state index is -0.643. The molecule has 1 N–H and O–H groups in total. The first-order valence-corrected chi connectivity index (χ1v) is 10.0. The normalized spacial score (nSPS) is 15.2. The van der Waals surface area contributed by atoms with Gasteiger partial charge < -0.3 is 19.7 Å². The molecule has 0 saturated heterocycles. The Kier molecular flexibility index (Phi) is 6.75. The first kappa shape index (κ1) is 20.7. The molecule has 0 aromatic heterocycles. The molecule has 1 aliphatic heterocycles. The van der Waals surface area contributed by atoms with Gasteiger partial charge in [-0.1, -0.05) is 37.6 Å². The van der Waals surface area contributed by atoms with Crippen LogP contribution in [0.3, 0.4) is 0 Å². The van der Waals surface area contributed by atoms with E-state index in [2.05, 4.69) is 18.3 Å². The van der Waals surface area contributed by atoms with Crippen molar-refractivity contribution < 1.29 is 19.1 Å². The number of ether oxygens (including phenoxy) is 2. The van der Waals surface area contributed by atoms with E-state index >= 15 is 0 Å². The van der Waals surface area contributed by atoms with Crippen molar-refractivity contribution in [3.05, 3.63) is 53.6 Å². The number of methoxy groups -OCH3 is 1. The van der Waals surface area contributed by atoms with Crippen LogP contribution >= 0.6 is 0 Å². The summed E-state index contributed by atoms with van der Waals surface area (Å²) in [5, 5.41) is 2.80. The first-order chi connectivity index (χ1) is 14.0. The second-order valence-corrected chi connectivity index (χ2v) is 7.12. The zero-order valence-electron chi connectivity index (χ0n) is 17.2. The van der Waals surface area contributed by atoms with Crippen molar-refractivity contribution >= 4 is 17.5 Å². The quantitative estimate of drug-likeness (QED) is 0.703. The minimum absolute atomic E-state index is 0.133. The highest BCUT2D eigenvalue weighted by atomic mass is 16.5. The van der Waals surface area contributed by atoms with Crippen LogP contribution in [0.25, 0.3) is 0 Å². The minimum Gasteiger partial charge on any atom is -0.493 e. The molecule has 1 atom stereocenters. The highest BCUT2D eigenvalue weighted by Crippen LogP contribution is 2.37. The van der Waals surface area contributed by atoms with E-state index in [1.807, 2.05) is 36.4 Å². The zero-order chi connectivity index (χ0) is 20.8. The molecule has 0 bridgehead atoms. The van der Waals surface area contributed by atoms with E-state index in [9.17, 15) is 9.59 Å². The Morgan fingerprint density at radius 1 is 1.17 bits per heavy atom. The number of benzene rings is 2. The smallest absolute Gasteiger partial charge is 0.254 e. The summed E-state index contributed by atoms with van der Waals surface area (Å²) in [5.74, 6) is 0.930. The second-order valence-electron chi connectivity index (χ2n) is 7.12. The Bertz CT molecular complexity index is 881. The Hall–Kier alpha value is -3.02. The van der Waals surface area contributed by atoms with Gasteiger partial charge in [0.2, 0.25) is 5.91 Å². The Labute approximate surface area is 171 Å². The van der Waals surface area contributed by atoms with Crippen LogP contribution in [-0.2, 0) is 16.0 Å². The first-order valence-electron chi connectivity index (χ1n) is 10.0. The molecule has 2 amide bonds. The third-order valence-corrected chi connectivity index (χ3v) is 5.01. The molecule has 0 spiro atoms. The molecule has 2 aromatic carbocycles. The molecule has 154 valence electrons. The number of aryl methyl sites for hydroxylation is 1. The van der Waals surface area contributed by atoms with E-state index in [1.54, 1.807) is 12.0 Å². The van der Waals surface area contributed by atoms with Crippen molar-refractivity contribution in [2.75, 3.05) is 25.2 Å². The maximum Gasteiger partial charge on any atom is 0.254 e. The van der Waals surface area contributed by atoms with Gasteiger partial charge in [-0.2, -0.15) is 0 Å². The lowest BCUT2D eigenvalue weighted by atomic mass is 10.0. The number of fused-ring (bicyclic) bond motifs is 1. The number of carbonyl (C=O) groups is 2. The van der Waals surface area contributed by atoms with Crippen molar-refractivity contribution in [1.82, 2.24) is 5.32 Å². The van der Waals surface area contributed by atoms with Crippen LogP contribution in [0.15, 0.2) is 42.5 Å². The van der Waals surface area contributed by atoms with Gasteiger partial charge in [-0.05, 0) is 36.6 Å². The fourth-order valence-corrected chi connectivity index (χ4v) is 3.58. The Morgan fingerprint density at radius 3 is 2.62 bits per heavy atom. The summed E-state index contributed by atoms with van der Waals surface area (Å²) in [6.07, 6.45) is 3.16. The molecule has 1 heterocycles. The maximum atomic E-state index is 13.0. The number of anilines is 1. The zero-order valence-corrected chi connectivity index (χ0v) is 17.2. The van der Waals surface area contributed by atoms with E-state index in [4.69, 9.17) is 9.47 Å². The fourth-order valence-electron chi connectivity index (χ4n) is 3.58. The molecule has 2 aromatic rings. The average molecular weight is 396 g/mol. The van der Waals surface area contributed by atoms with E-state index in [-0.39, 0.29) is 11.8 Å². The monoisotopic (exact) mass is 396 g/mol. The van der Waals surface area contributed by atoms with Gasteiger partial charge in [-0.25, -0.2) is 0 Å². The van der Waals surface area contributed by atoms with Gasteiger partial charge in [0.1, 0.15) is 12.6 Å². The fraction of sp³-hybridized carbons (Fsp3) is 0.391. The maximum absolute atomic E-state index is 13.0. The molecule has 6 heteroatoms. The van der Waals surface area contributed by atoms with Gasteiger partial charge in [0.15, 0.2) is 11.5 Å². The van der Waals surface area contributed by atoms with Gasteiger partial charge in [-0.3, -0.25) is 9.59 Å². The molecule has 0 saturated carbocycles. The van der Waals surface area contributed by atoms with Gasteiger partial charge in [0, 0.05) is 18.2 Å². The number of unbranched alkanes of at least 4 members (excludes halogenated alkanes) is 1.